The highest BCUT2D eigenvalue weighted by Gasteiger charge is 2.17. The highest BCUT2D eigenvalue weighted by Crippen LogP contribution is 2.27. The second-order valence-corrected chi connectivity index (χ2v) is 6.70. The molecule has 0 saturated heterocycles. The molecule has 3 aromatic rings. The largest absolute Gasteiger partial charge is 0.334 e. The fourth-order valence-electron chi connectivity index (χ4n) is 2.55. The van der Waals surface area contributed by atoms with E-state index in [1.165, 1.54) is 23.2 Å². The number of nitrogens with one attached hydrogen (secondary N) is 1. The first-order valence-electron chi connectivity index (χ1n) is 8.06. The summed E-state index contributed by atoms with van der Waals surface area (Å²) in [6.07, 6.45) is 1.45. The Morgan fingerprint density at radius 3 is 2.50 bits per heavy atom. The smallest absolute Gasteiger partial charge is 0.311 e. The van der Waals surface area contributed by atoms with Crippen molar-refractivity contribution in [1.29, 1.82) is 0 Å². The molecule has 142 valence electrons. The Hall–Kier alpha value is -3.16. The van der Waals surface area contributed by atoms with Gasteiger partial charge in [0, 0.05) is 46.3 Å². The van der Waals surface area contributed by atoms with Crippen molar-refractivity contribution in [2.75, 3.05) is 17.3 Å². The van der Waals surface area contributed by atoms with Crippen LogP contribution in [-0.4, -0.2) is 22.9 Å². The van der Waals surface area contributed by atoms with Crippen LogP contribution in [0.15, 0.2) is 60.8 Å². The maximum Gasteiger partial charge on any atom is 0.311 e. The summed E-state index contributed by atoms with van der Waals surface area (Å²) in [5.41, 5.74) is 1.25. The molecule has 0 saturated carbocycles. The molecule has 0 aliphatic rings. The van der Waals surface area contributed by atoms with Crippen LogP contribution >= 0.6 is 23.2 Å². The predicted octanol–water partition coefficient (Wildman–Crippen LogP) is 5.32. The van der Waals surface area contributed by atoms with E-state index in [-0.39, 0.29) is 17.4 Å². The molecule has 1 aromatic heterocycles. The first kappa shape index (κ1) is 19.6. The monoisotopic (exact) mass is 416 g/mol. The number of anilines is 3. The van der Waals surface area contributed by atoms with E-state index in [4.69, 9.17) is 23.2 Å². The molecule has 0 atom stereocenters. The van der Waals surface area contributed by atoms with Gasteiger partial charge in [0.25, 0.3) is 5.91 Å². The first-order chi connectivity index (χ1) is 13.3. The lowest BCUT2D eigenvalue weighted by Crippen LogP contribution is -2.26. The topological polar surface area (TPSA) is 88.4 Å². The molecule has 1 amide bonds. The van der Waals surface area contributed by atoms with E-state index >= 15 is 0 Å². The predicted molar refractivity (Wildman–Crippen MR) is 110 cm³/mol. The van der Waals surface area contributed by atoms with Crippen LogP contribution in [-0.2, 0) is 0 Å². The van der Waals surface area contributed by atoms with Gasteiger partial charge in [-0.1, -0.05) is 29.3 Å². The van der Waals surface area contributed by atoms with E-state index in [0.29, 0.717) is 27.0 Å². The fraction of sp³-hybridized carbons (Fsp3) is 0.0526. The van der Waals surface area contributed by atoms with Gasteiger partial charge in [0.2, 0.25) is 5.82 Å². The fourth-order valence-corrected chi connectivity index (χ4v) is 3.07. The second kappa shape index (κ2) is 8.24. The Balaban J connectivity index is 1.87. The summed E-state index contributed by atoms with van der Waals surface area (Å²) in [6, 6.07) is 14.3. The average Bonchev–Trinajstić information content (AvgIpc) is 2.66. The molecule has 2 aromatic carbocycles. The number of hydrogen-bond donors (Lipinski definition) is 1. The van der Waals surface area contributed by atoms with E-state index in [9.17, 15) is 14.9 Å². The number of carbonyl (C=O) groups excluding carboxylic acids is 1. The Morgan fingerprint density at radius 1 is 1.11 bits per heavy atom. The quantitative estimate of drug-likeness (QED) is 0.449. The van der Waals surface area contributed by atoms with Gasteiger partial charge in [-0.05, 0) is 42.5 Å². The van der Waals surface area contributed by atoms with E-state index in [1.807, 2.05) is 0 Å². The Bertz CT molecular complexity index is 1040. The summed E-state index contributed by atoms with van der Waals surface area (Å²) in [7, 11) is 1.61. The number of nitrogens with zero attached hydrogens (tertiary/aromatic N) is 3. The molecule has 7 nitrogen and oxygen atoms in total. The van der Waals surface area contributed by atoms with Crippen molar-refractivity contribution in [3.63, 3.8) is 0 Å². The third-order valence-electron chi connectivity index (χ3n) is 3.89. The van der Waals surface area contributed by atoms with E-state index in [2.05, 4.69) is 10.3 Å². The normalized spacial score (nSPS) is 10.4. The lowest BCUT2D eigenvalue weighted by molar-refractivity contribution is -0.384. The third kappa shape index (κ3) is 4.39. The second-order valence-electron chi connectivity index (χ2n) is 5.83. The zero-order valence-electron chi connectivity index (χ0n) is 14.6. The van der Waals surface area contributed by atoms with Gasteiger partial charge in [-0.25, -0.2) is 4.98 Å². The SMILES string of the molecule is CN(C(=O)c1cccc(Nc2ncccc2[N+](=O)[O-])c1)c1cc(Cl)cc(Cl)c1. The number of benzene rings is 2. The van der Waals surface area contributed by atoms with Crippen LogP contribution < -0.4 is 10.2 Å². The standard InChI is InChI=1S/C19H14Cl2N4O3/c1-24(16-10-13(20)9-14(21)11-16)19(26)12-4-2-5-15(8-12)23-18-17(25(27)28)6-3-7-22-18/h2-11H,1H3,(H,22,23). The number of pyridine rings is 1. The molecular weight excluding hydrogens is 403 g/mol. The van der Waals surface area contributed by atoms with E-state index in [1.54, 1.807) is 49.5 Å². The molecule has 1 N–H and O–H groups in total. The van der Waals surface area contributed by atoms with Gasteiger partial charge in [-0.2, -0.15) is 0 Å². The van der Waals surface area contributed by atoms with E-state index in [0.717, 1.165) is 0 Å². The van der Waals surface area contributed by atoms with Crippen molar-refractivity contribution < 1.29 is 9.72 Å². The van der Waals surface area contributed by atoms with Crippen LogP contribution in [0.2, 0.25) is 10.0 Å². The molecule has 0 unspecified atom stereocenters. The molecule has 0 fully saturated rings. The summed E-state index contributed by atoms with van der Waals surface area (Å²) < 4.78 is 0. The van der Waals surface area contributed by atoms with Crippen LogP contribution in [0.5, 0.6) is 0 Å². The van der Waals surface area contributed by atoms with Crippen LogP contribution in [0.25, 0.3) is 0 Å². The van der Waals surface area contributed by atoms with Crippen molar-refractivity contribution in [2.45, 2.75) is 0 Å². The van der Waals surface area contributed by atoms with Crippen molar-refractivity contribution in [3.05, 3.63) is 86.5 Å². The average molecular weight is 417 g/mol. The van der Waals surface area contributed by atoms with Gasteiger partial charge in [-0.15, -0.1) is 0 Å². The summed E-state index contributed by atoms with van der Waals surface area (Å²) >= 11 is 12.0. The molecule has 0 radical (unpaired) electrons. The van der Waals surface area contributed by atoms with Gasteiger partial charge in [0.1, 0.15) is 0 Å². The van der Waals surface area contributed by atoms with Crippen molar-refractivity contribution in [2.24, 2.45) is 0 Å². The van der Waals surface area contributed by atoms with Gasteiger partial charge >= 0.3 is 5.69 Å². The zero-order valence-corrected chi connectivity index (χ0v) is 16.1. The number of hydrogen-bond acceptors (Lipinski definition) is 5. The Labute approximate surface area is 170 Å². The van der Waals surface area contributed by atoms with Crippen molar-refractivity contribution in [1.82, 2.24) is 4.98 Å². The molecular formula is C19H14Cl2N4O3. The number of halogens is 2. The summed E-state index contributed by atoms with van der Waals surface area (Å²) in [5, 5.41) is 14.8. The summed E-state index contributed by atoms with van der Waals surface area (Å²) in [4.78, 5) is 28.9. The Morgan fingerprint density at radius 2 is 1.82 bits per heavy atom. The number of aromatic nitrogens is 1. The van der Waals surface area contributed by atoms with Crippen molar-refractivity contribution >= 4 is 52.0 Å². The first-order valence-corrected chi connectivity index (χ1v) is 8.81. The maximum atomic E-state index is 12.8. The van der Waals surface area contributed by atoms with Crippen LogP contribution in [0.1, 0.15) is 10.4 Å². The van der Waals surface area contributed by atoms with E-state index < -0.39 is 4.92 Å². The maximum absolute atomic E-state index is 12.8. The summed E-state index contributed by atoms with van der Waals surface area (Å²) in [6.45, 7) is 0. The number of carbonyl (C=O) groups is 1. The molecule has 0 spiro atoms. The van der Waals surface area contributed by atoms with Crippen LogP contribution in [0.3, 0.4) is 0 Å². The summed E-state index contributed by atoms with van der Waals surface area (Å²) in [5.74, 6) is -0.204. The number of rotatable bonds is 5. The van der Waals surface area contributed by atoms with Crippen LogP contribution in [0.4, 0.5) is 22.9 Å². The van der Waals surface area contributed by atoms with Gasteiger partial charge in [0.05, 0.1) is 4.92 Å². The van der Waals surface area contributed by atoms with Crippen molar-refractivity contribution in [3.8, 4) is 0 Å². The lowest BCUT2D eigenvalue weighted by Gasteiger charge is -2.18. The molecule has 0 aliphatic heterocycles. The minimum atomic E-state index is -0.527. The number of nitro groups is 1. The molecule has 9 heteroatoms. The highest BCUT2D eigenvalue weighted by atomic mass is 35.5. The van der Waals surface area contributed by atoms with Gasteiger partial charge in [-0.3, -0.25) is 14.9 Å². The Kier molecular flexibility index (Phi) is 5.77. The minimum Gasteiger partial charge on any atom is -0.334 e. The molecule has 1 heterocycles. The van der Waals surface area contributed by atoms with Gasteiger partial charge in [0.15, 0.2) is 0 Å². The van der Waals surface area contributed by atoms with Crippen LogP contribution in [0, 0.1) is 10.1 Å². The minimum absolute atomic E-state index is 0.0899. The lowest BCUT2D eigenvalue weighted by atomic mass is 10.1. The molecule has 0 bridgehead atoms. The number of amides is 1. The zero-order chi connectivity index (χ0) is 20.3. The van der Waals surface area contributed by atoms with Gasteiger partial charge < -0.3 is 10.2 Å². The highest BCUT2D eigenvalue weighted by molar-refractivity contribution is 6.35. The third-order valence-corrected chi connectivity index (χ3v) is 4.33. The molecule has 0 aliphatic carbocycles. The molecule has 3 rings (SSSR count). The molecule has 28 heavy (non-hydrogen) atoms.